The highest BCUT2D eigenvalue weighted by Gasteiger charge is 2.08. The van der Waals surface area contributed by atoms with E-state index in [4.69, 9.17) is 0 Å². The molecule has 3 rings (SSSR count). The Morgan fingerprint density at radius 3 is 2.80 bits per heavy atom. The zero-order chi connectivity index (χ0) is 17.6. The Balaban J connectivity index is 1.87. The van der Waals surface area contributed by atoms with E-state index in [1.807, 2.05) is 36.4 Å². The molecule has 3 nitrogen and oxygen atoms in total. The van der Waals surface area contributed by atoms with Crippen molar-refractivity contribution in [3.8, 4) is 0 Å². The minimum atomic E-state index is -0.0626. The predicted molar refractivity (Wildman–Crippen MR) is 111 cm³/mol. The van der Waals surface area contributed by atoms with Crippen molar-refractivity contribution in [3.63, 3.8) is 0 Å². The Kier molecular flexibility index (Phi) is 6.51. The molecule has 0 saturated carbocycles. The number of benzene rings is 2. The fourth-order valence-electron chi connectivity index (χ4n) is 2.59. The highest BCUT2D eigenvalue weighted by atomic mass is 79.9. The average molecular weight is 435 g/mol. The van der Waals surface area contributed by atoms with Crippen molar-refractivity contribution in [2.45, 2.75) is 19.4 Å². The molecule has 0 aliphatic rings. The van der Waals surface area contributed by atoms with E-state index in [0.717, 1.165) is 38.2 Å². The fraction of sp³-hybridized carbons (Fsp3) is 0.263. The Bertz CT molecular complexity index is 931. The maximum Gasteiger partial charge on any atom is 0.248 e. The third kappa shape index (κ3) is 4.84. The number of thiazole rings is 1. The lowest BCUT2D eigenvalue weighted by Gasteiger charge is -2.04. The molecule has 0 aliphatic heterocycles. The molecule has 0 fully saturated rings. The van der Waals surface area contributed by atoms with Crippen LogP contribution in [0.5, 0.6) is 0 Å². The minimum absolute atomic E-state index is 0.0626. The Morgan fingerprint density at radius 2 is 2.04 bits per heavy atom. The molecule has 1 aromatic heterocycles. The molecule has 130 valence electrons. The molecular formula is C19H19BrN2OS2. The molecule has 0 radical (unpaired) electrons. The van der Waals surface area contributed by atoms with Crippen LogP contribution in [0.1, 0.15) is 12.0 Å². The van der Waals surface area contributed by atoms with Gasteiger partial charge in [0.05, 0.1) is 10.2 Å². The number of nitrogens with zero attached hydrogens (tertiary/aromatic N) is 2. The molecule has 3 aromatic rings. The third-order valence-electron chi connectivity index (χ3n) is 3.85. The zero-order valence-electron chi connectivity index (χ0n) is 13.9. The first kappa shape index (κ1) is 18.4. The molecule has 0 spiro atoms. The number of thioether (sulfide) groups is 1. The quantitative estimate of drug-likeness (QED) is 0.553. The smallest absolute Gasteiger partial charge is 0.248 e. The van der Waals surface area contributed by atoms with Gasteiger partial charge in [-0.05, 0) is 36.4 Å². The standard InChI is InChI=1S/C19H19BrN2OS2/c1-24-12-11-22-16-9-8-15(20)13-17(16)25-19(22)21-18(23)10-7-14-5-3-2-4-6-14/h2-6,8-9,13H,7,10-12H2,1H3. The van der Waals surface area contributed by atoms with Crippen molar-refractivity contribution in [1.82, 2.24) is 4.57 Å². The number of carbonyl (C=O) groups is 1. The zero-order valence-corrected chi connectivity index (χ0v) is 17.2. The second-order valence-electron chi connectivity index (χ2n) is 5.63. The number of amides is 1. The number of rotatable bonds is 6. The van der Waals surface area contributed by atoms with Crippen LogP contribution in [0, 0.1) is 0 Å². The van der Waals surface area contributed by atoms with Crippen LogP contribution in [-0.2, 0) is 17.8 Å². The van der Waals surface area contributed by atoms with Gasteiger partial charge in [-0.3, -0.25) is 4.79 Å². The summed E-state index contributed by atoms with van der Waals surface area (Å²) in [5.41, 5.74) is 2.30. The maximum atomic E-state index is 12.4. The number of fused-ring (bicyclic) bond motifs is 1. The molecule has 0 saturated heterocycles. The van der Waals surface area contributed by atoms with E-state index in [2.05, 4.69) is 43.9 Å². The number of hydrogen-bond donors (Lipinski definition) is 0. The third-order valence-corrected chi connectivity index (χ3v) is 5.98. The van der Waals surface area contributed by atoms with Crippen molar-refractivity contribution in [2.75, 3.05) is 12.0 Å². The van der Waals surface area contributed by atoms with E-state index in [1.54, 1.807) is 23.1 Å². The number of aromatic nitrogens is 1. The molecule has 2 aromatic carbocycles. The lowest BCUT2D eigenvalue weighted by molar-refractivity contribution is -0.118. The van der Waals surface area contributed by atoms with E-state index in [1.165, 1.54) is 5.56 Å². The monoisotopic (exact) mass is 434 g/mol. The largest absolute Gasteiger partial charge is 0.316 e. The number of hydrogen-bond acceptors (Lipinski definition) is 3. The van der Waals surface area contributed by atoms with E-state index in [0.29, 0.717) is 6.42 Å². The van der Waals surface area contributed by atoms with Crippen LogP contribution < -0.4 is 4.80 Å². The molecular weight excluding hydrogens is 416 g/mol. The number of carbonyl (C=O) groups excluding carboxylic acids is 1. The molecule has 6 heteroatoms. The topological polar surface area (TPSA) is 34.4 Å². The second-order valence-corrected chi connectivity index (χ2v) is 8.54. The van der Waals surface area contributed by atoms with Crippen LogP contribution in [0.4, 0.5) is 0 Å². The van der Waals surface area contributed by atoms with Gasteiger partial charge in [0.2, 0.25) is 5.91 Å². The molecule has 0 bridgehead atoms. The fourth-order valence-corrected chi connectivity index (χ4v) is 4.58. The summed E-state index contributed by atoms with van der Waals surface area (Å²) in [6.07, 6.45) is 3.25. The summed E-state index contributed by atoms with van der Waals surface area (Å²) in [4.78, 5) is 17.6. The molecule has 0 aliphatic carbocycles. The van der Waals surface area contributed by atoms with Crippen LogP contribution in [0.25, 0.3) is 10.2 Å². The lowest BCUT2D eigenvalue weighted by atomic mass is 10.1. The van der Waals surface area contributed by atoms with E-state index >= 15 is 0 Å². The highest BCUT2D eigenvalue weighted by molar-refractivity contribution is 9.10. The Morgan fingerprint density at radius 1 is 1.24 bits per heavy atom. The van der Waals surface area contributed by atoms with Crippen LogP contribution in [0.3, 0.4) is 0 Å². The van der Waals surface area contributed by atoms with Gasteiger partial charge in [-0.2, -0.15) is 16.8 Å². The van der Waals surface area contributed by atoms with Crippen molar-refractivity contribution in [3.05, 3.63) is 63.4 Å². The molecule has 0 N–H and O–H groups in total. The number of aryl methyl sites for hydroxylation is 2. The summed E-state index contributed by atoms with van der Waals surface area (Å²) in [5.74, 6) is 0.931. The highest BCUT2D eigenvalue weighted by Crippen LogP contribution is 2.22. The van der Waals surface area contributed by atoms with Gasteiger partial charge in [-0.15, -0.1) is 0 Å². The maximum absolute atomic E-state index is 12.4. The van der Waals surface area contributed by atoms with Gasteiger partial charge in [0.15, 0.2) is 4.80 Å². The molecule has 0 unspecified atom stereocenters. The minimum Gasteiger partial charge on any atom is -0.316 e. The van der Waals surface area contributed by atoms with Crippen molar-refractivity contribution in [1.29, 1.82) is 0 Å². The van der Waals surface area contributed by atoms with Gasteiger partial charge in [0, 0.05) is 23.2 Å². The first-order valence-corrected chi connectivity index (χ1v) is 11.1. The summed E-state index contributed by atoms with van der Waals surface area (Å²) in [7, 11) is 0. The lowest BCUT2D eigenvalue weighted by Crippen LogP contribution is -2.18. The van der Waals surface area contributed by atoms with Gasteiger partial charge in [-0.25, -0.2) is 0 Å². The SMILES string of the molecule is CSCCn1c(=NC(=O)CCc2ccccc2)sc2cc(Br)ccc21. The van der Waals surface area contributed by atoms with Gasteiger partial charge in [0.1, 0.15) is 0 Å². The van der Waals surface area contributed by atoms with Crippen molar-refractivity contribution in [2.24, 2.45) is 4.99 Å². The van der Waals surface area contributed by atoms with Crippen molar-refractivity contribution >= 4 is 55.2 Å². The van der Waals surface area contributed by atoms with E-state index in [9.17, 15) is 4.79 Å². The van der Waals surface area contributed by atoms with Gasteiger partial charge >= 0.3 is 0 Å². The summed E-state index contributed by atoms with van der Waals surface area (Å²) in [6, 6.07) is 16.3. The van der Waals surface area contributed by atoms with Crippen LogP contribution >= 0.6 is 39.0 Å². The van der Waals surface area contributed by atoms with Crippen LogP contribution in [-0.4, -0.2) is 22.5 Å². The predicted octanol–water partition coefficient (Wildman–Crippen LogP) is 4.89. The van der Waals surface area contributed by atoms with Crippen LogP contribution in [0.2, 0.25) is 0 Å². The molecule has 1 amide bonds. The second kappa shape index (κ2) is 8.83. The Labute approximate surface area is 163 Å². The normalized spacial score (nSPS) is 12.0. The first-order chi connectivity index (χ1) is 12.2. The number of halogens is 1. The molecule has 1 heterocycles. The van der Waals surface area contributed by atoms with Crippen LogP contribution in [0.15, 0.2) is 58.0 Å². The van der Waals surface area contributed by atoms with E-state index in [-0.39, 0.29) is 5.91 Å². The first-order valence-electron chi connectivity index (χ1n) is 8.06. The Hall–Kier alpha value is -1.37. The molecule has 0 atom stereocenters. The molecule has 25 heavy (non-hydrogen) atoms. The average Bonchev–Trinajstić information content (AvgIpc) is 2.95. The van der Waals surface area contributed by atoms with E-state index < -0.39 is 0 Å². The van der Waals surface area contributed by atoms with Crippen molar-refractivity contribution < 1.29 is 4.79 Å². The summed E-state index contributed by atoms with van der Waals surface area (Å²) >= 11 is 6.89. The summed E-state index contributed by atoms with van der Waals surface area (Å²) < 4.78 is 4.34. The van der Waals surface area contributed by atoms with Gasteiger partial charge in [-0.1, -0.05) is 57.6 Å². The summed E-state index contributed by atoms with van der Waals surface area (Å²) in [5, 5.41) is 0. The van der Waals surface area contributed by atoms with Gasteiger partial charge in [0.25, 0.3) is 0 Å². The summed E-state index contributed by atoms with van der Waals surface area (Å²) in [6.45, 7) is 0.855. The van der Waals surface area contributed by atoms with Gasteiger partial charge < -0.3 is 4.57 Å².